The molecular formula is C15H15N5O3. The van der Waals surface area contributed by atoms with Gasteiger partial charge in [-0.25, -0.2) is 4.79 Å². The van der Waals surface area contributed by atoms with Crippen LogP contribution in [0.4, 0.5) is 16.4 Å². The van der Waals surface area contributed by atoms with Gasteiger partial charge in [0.05, 0.1) is 14.2 Å². The highest BCUT2D eigenvalue weighted by Gasteiger charge is 2.10. The number of rotatable bonds is 4. The second-order valence-electron chi connectivity index (χ2n) is 4.63. The van der Waals surface area contributed by atoms with Gasteiger partial charge >= 0.3 is 6.03 Å². The Bertz CT molecular complexity index is 824. The normalized spacial score (nSPS) is 10.3. The number of ether oxygens (including phenoxy) is 2. The van der Waals surface area contributed by atoms with E-state index in [0.717, 1.165) is 0 Å². The number of benzene rings is 1. The molecule has 118 valence electrons. The van der Waals surface area contributed by atoms with Crippen molar-refractivity contribution in [1.82, 2.24) is 14.6 Å². The zero-order valence-corrected chi connectivity index (χ0v) is 12.6. The lowest BCUT2D eigenvalue weighted by Crippen LogP contribution is -2.21. The smallest absolute Gasteiger partial charge is 0.326 e. The number of anilines is 2. The van der Waals surface area contributed by atoms with Gasteiger partial charge in [-0.3, -0.25) is 9.72 Å². The highest BCUT2D eigenvalue weighted by molar-refractivity contribution is 5.99. The number of carbonyl (C=O) groups is 1. The second-order valence-corrected chi connectivity index (χ2v) is 4.63. The predicted molar refractivity (Wildman–Crippen MR) is 85.2 cm³/mol. The van der Waals surface area contributed by atoms with Gasteiger partial charge in [0.2, 0.25) is 5.95 Å². The van der Waals surface area contributed by atoms with Crippen LogP contribution < -0.4 is 20.1 Å². The third-order valence-electron chi connectivity index (χ3n) is 3.15. The molecule has 2 aromatic heterocycles. The Balaban J connectivity index is 1.77. The third-order valence-corrected chi connectivity index (χ3v) is 3.15. The lowest BCUT2D eigenvalue weighted by Gasteiger charge is -2.10. The van der Waals surface area contributed by atoms with Crippen LogP contribution in [0.1, 0.15) is 0 Å². The van der Waals surface area contributed by atoms with E-state index in [2.05, 4.69) is 20.8 Å². The Kier molecular flexibility index (Phi) is 3.96. The van der Waals surface area contributed by atoms with E-state index in [9.17, 15) is 4.79 Å². The monoisotopic (exact) mass is 313 g/mol. The van der Waals surface area contributed by atoms with Crippen molar-refractivity contribution in [1.29, 1.82) is 0 Å². The van der Waals surface area contributed by atoms with E-state index in [-0.39, 0.29) is 0 Å². The minimum absolute atomic E-state index is 0.327. The first kappa shape index (κ1) is 14.6. The Morgan fingerprint density at radius 1 is 1.04 bits per heavy atom. The number of nitrogens with zero attached hydrogens (tertiary/aromatic N) is 3. The molecule has 0 saturated carbocycles. The largest absolute Gasteiger partial charge is 0.497 e. The summed E-state index contributed by atoms with van der Waals surface area (Å²) in [5.41, 5.74) is 1.18. The molecule has 0 aliphatic carbocycles. The van der Waals surface area contributed by atoms with Gasteiger partial charge in [-0.1, -0.05) is 6.07 Å². The summed E-state index contributed by atoms with van der Waals surface area (Å²) in [6.45, 7) is 0. The SMILES string of the molecule is COc1cc(NC(=O)Nc2nnc3ccccn23)cc(OC)c1. The molecule has 3 aromatic rings. The zero-order chi connectivity index (χ0) is 16.2. The summed E-state index contributed by atoms with van der Waals surface area (Å²) in [4.78, 5) is 12.1. The van der Waals surface area contributed by atoms with Gasteiger partial charge in [-0.2, -0.15) is 0 Å². The van der Waals surface area contributed by atoms with Crippen LogP contribution in [0.15, 0.2) is 42.6 Å². The minimum atomic E-state index is -0.446. The van der Waals surface area contributed by atoms with Crippen LogP contribution in [0, 0.1) is 0 Å². The van der Waals surface area contributed by atoms with Crippen LogP contribution in [-0.4, -0.2) is 34.8 Å². The van der Waals surface area contributed by atoms with Crippen LogP contribution in [-0.2, 0) is 0 Å². The van der Waals surface area contributed by atoms with Crippen LogP contribution >= 0.6 is 0 Å². The van der Waals surface area contributed by atoms with Gasteiger partial charge in [-0.05, 0) is 12.1 Å². The molecule has 0 radical (unpaired) electrons. The first-order valence-corrected chi connectivity index (χ1v) is 6.80. The van der Waals surface area contributed by atoms with Gasteiger partial charge in [0.1, 0.15) is 11.5 Å². The fraction of sp³-hybridized carbons (Fsp3) is 0.133. The lowest BCUT2D eigenvalue weighted by atomic mass is 10.3. The summed E-state index contributed by atoms with van der Waals surface area (Å²) < 4.78 is 12.0. The van der Waals surface area contributed by atoms with Gasteiger partial charge in [-0.15, -0.1) is 10.2 Å². The van der Waals surface area contributed by atoms with Gasteiger partial charge < -0.3 is 14.8 Å². The number of fused-ring (bicyclic) bond motifs is 1. The van der Waals surface area contributed by atoms with Crippen molar-refractivity contribution in [3.8, 4) is 11.5 Å². The number of hydrogen-bond donors (Lipinski definition) is 2. The number of aromatic nitrogens is 3. The van der Waals surface area contributed by atoms with Crippen molar-refractivity contribution in [3.05, 3.63) is 42.6 Å². The summed E-state index contributed by atoms with van der Waals surface area (Å²) in [7, 11) is 3.09. The average molecular weight is 313 g/mol. The van der Waals surface area contributed by atoms with Crippen LogP contribution in [0.3, 0.4) is 0 Å². The van der Waals surface area contributed by atoms with E-state index in [1.54, 1.807) is 49.1 Å². The number of carbonyl (C=O) groups excluding carboxylic acids is 1. The lowest BCUT2D eigenvalue weighted by molar-refractivity contribution is 0.262. The highest BCUT2D eigenvalue weighted by Crippen LogP contribution is 2.25. The second kappa shape index (κ2) is 6.22. The maximum atomic E-state index is 12.1. The third kappa shape index (κ3) is 3.15. The van der Waals surface area contributed by atoms with Crippen LogP contribution in [0.25, 0.3) is 5.65 Å². The van der Waals surface area contributed by atoms with Crippen molar-refractivity contribution in [2.24, 2.45) is 0 Å². The van der Waals surface area contributed by atoms with Crippen LogP contribution in [0.2, 0.25) is 0 Å². The molecule has 3 rings (SSSR count). The van der Waals surface area contributed by atoms with Crippen molar-refractivity contribution in [3.63, 3.8) is 0 Å². The van der Waals surface area contributed by atoms with E-state index in [1.165, 1.54) is 0 Å². The number of urea groups is 1. The quantitative estimate of drug-likeness (QED) is 0.772. The Morgan fingerprint density at radius 2 is 1.78 bits per heavy atom. The summed E-state index contributed by atoms with van der Waals surface area (Å²) >= 11 is 0. The summed E-state index contributed by atoms with van der Waals surface area (Å²) in [5.74, 6) is 1.48. The van der Waals surface area contributed by atoms with E-state index >= 15 is 0 Å². The van der Waals surface area contributed by atoms with Gasteiger partial charge in [0.25, 0.3) is 0 Å². The molecule has 0 saturated heterocycles. The molecule has 2 heterocycles. The van der Waals surface area contributed by atoms with Crippen molar-refractivity contribution in [2.45, 2.75) is 0 Å². The number of nitrogens with one attached hydrogen (secondary N) is 2. The summed E-state index contributed by atoms with van der Waals surface area (Å²) in [6.07, 6.45) is 1.76. The number of methoxy groups -OCH3 is 2. The van der Waals surface area contributed by atoms with Crippen molar-refractivity contribution < 1.29 is 14.3 Å². The number of amides is 2. The highest BCUT2D eigenvalue weighted by atomic mass is 16.5. The molecule has 1 aromatic carbocycles. The molecule has 0 spiro atoms. The molecule has 0 fully saturated rings. The van der Waals surface area contributed by atoms with E-state index in [4.69, 9.17) is 9.47 Å². The fourth-order valence-electron chi connectivity index (χ4n) is 2.07. The van der Waals surface area contributed by atoms with Crippen molar-refractivity contribution in [2.75, 3.05) is 24.9 Å². The molecule has 0 unspecified atom stereocenters. The Hall–Kier alpha value is -3.29. The topological polar surface area (TPSA) is 89.8 Å². The molecule has 0 atom stereocenters. The molecule has 0 aliphatic rings. The van der Waals surface area contributed by atoms with E-state index in [1.807, 2.05) is 12.1 Å². The first-order chi connectivity index (χ1) is 11.2. The molecular weight excluding hydrogens is 298 g/mol. The minimum Gasteiger partial charge on any atom is -0.497 e. The molecule has 8 heteroatoms. The van der Waals surface area contributed by atoms with Gasteiger partial charge in [0, 0.05) is 30.1 Å². The Morgan fingerprint density at radius 3 is 2.48 bits per heavy atom. The predicted octanol–water partition coefficient (Wildman–Crippen LogP) is 2.39. The Labute approximate surface area is 132 Å². The molecule has 0 aliphatic heterocycles. The average Bonchev–Trinajstić information content (AvgIpc) is 2.97. The molecule has 23 heavy (non-hydrogen) atoms. The van der Waals surface area contributed by atoms with Crippen molar-refractivity contribution >= 4 is 23.3 Å². The number of hydrogen-bond acceptors (Lipinski definition) is 5. The summed E-state index contributed by atoms with van der Waals surface area (Å²) in [5, 5.41) is 13.2. The van der Waals surface area contributed by atoms with E-state index < -0.39 is 6.03 Å². The molecule has 2 N–H and O–H groups in total. The standard InChI is InChI=1S/C15H15N5O3/c1-22-11-7-10(8-12(9-11)23-2)16-15(21)17-14-19-18-13-5-3-4-6-20(13)14/h3-9H,1-2H3,(H2,16,17,19,21). The maximum Gasteiger partial charge on any atom is 0.326 e. The van der Waals surface area contributed by atoms with E-state index in [0.29, 0.717) is 28.8 Å². The summed E-state index contributed by atoms with van der Waals surface area (Å²) in [6, 6.07) is 10.1. The molecule has 8 nitrogen and oxygen atoms in total. The molecule has 0 bridgehead atoms. The van der Waals surface area contributed by atoms with Crippen LogP contribution in [0.5, 0.6) is 11.5 Å². The number of pyridine rings is 1. The van der Waals surface area contributed by atoms with Gasteiger partial charge in [0.15, 0.2) is 5.65 Å². The maximum absolute atomic E-state index is 12.1. The molecule has 2 amide bonds. The zero-order valence-electron chi connectivity index (χ0n) is 12.6. The first-order valence-electron chi connectivity index (χ1n) is 6.80. The fourth-order valence-corrected chi connectivity index (χ4v) is 2.07.